The van der Waals surface area contributed by atoms with Crippen LogP contribution in [0.5, 0.6) is 0 Å². The zero-order valence-electron chi connectivity index (χ0n) is 4.27. The van der Waals surface area contributed by atoms with Gasteiger partial charge in [-0.15, -0.1) is 0 Å². The highest BCUT2D eigenvalue weighted by Gasteiger charge is 2.31. The number of hydrogen-bond acceptors (Lipinski definition) is 2. The number of hydrogen-bond donors (Lipinski definition) is 1. The van der Waals surface area contributed by atoms with Gasteiger partial charge in [0.05, 0.1) is 0 Å². The Labute approximate surface area is 49.3 Å². The maximum atomic E-state index is 11.1. The van der Waals surface area contributed by atoms with Gasteiger partial charge >= 0.3 is 6.18 Å². The van der Waals surface area contributed by atoms with E-state index in [2.05, 4.69) is 0 Å². The Morgan fingerprint density at radius 1 is 1.56 bits per heavy atom. The molecule has 0 heterocycles. The third-order valence-electron chi connectivity index (χ3n) is 0.480. The van der Waals surface area contributed by atoms with Gasteiger partial charge in [0.25, 0.3) is 0 Å². The molecule has 53 valence electrons. The summed E-state index contributed by atoms with van der Waals surface area (Å²) in [5.41, 5.74) is 0. The third-order valence-corrected chi connectivity index (χ3v) is 0.480. The second-order valence-corrected chi connectivity index (χ2v) is 1.31. The Morgan fingerprint density at radius 3 is 2.11 bits per heavy atom. The zero-order chi connectivity index (χ0) is 7.49. The lowest BCUT2D eigenvalue weighted by molar-refractivity contribution is -0.133. The van der Waals surface area contributed by atoms with Crippen molar-refractivity contribution in [1.82, 2.24) is 0 Å². The minimum absolute atomic E-state index is 0.479. The largest absolute Gasteiger partial charge is 0.399 e. The number of aliphatic hydroxyl groups excluding tert-OH is 1. The quantitative estimate of drug-likeness (QED) is 0.601. The first-order valence-corrected chi connectivity index (χ1v) is 2.02. The van der Waals surface area contributed by atoms with Crippen molar-refractivity contribution in [3.63, 3.8) is 0 Å². The predicted molar refractivity (Wildman–Crippen MR) is 22.4 cm³/mol. The second kappa shape index (κ2) is 2.82. The van der Waals surface area contributed by atoms with E-state index in [1.54, 1.807) is 0 Å². The second-order valence-electron chi connectivity index (χ2n) is 1.31. The molecule has 2 nitrogen and oxygen atoms in total. The summed E-state index contributed by atoms with van der Waals surface area (Å²) in [5, 5.41) is 7.82. The number of alkyl halides is 3. The average molecular weight is 141 g/mol. The van der Waals surface area contributed by atoms with Crippen molar-refractivity contribution >= 4 is 5.78 Å². The number of ketones is 1. The molecule has 0 saturated carbocycles. The van der Waals surface area contributed by atoms with Crippen molar-refractivity contribution in [3.05, 3.63) is 6.42 Å². The Morgan fingerprint density at radius 2 is 2.00 bits per heavy atom. The molecular weight excluding hydrogens is 137 g/mol. The summed E-state index contributed by atoms with van der Waals surface area (Å²) in [6.07, 6.45) is -5.09. The number of aliphatic hydroxyl groups is 1. The van der Waals surface area contributed by atoms with Crippen LogP contribution in [0.15, 0.2) is 0 Å². The highest BCUT2D eigenvalue weighted by molar-refractivity contribution is 5.88. The van der Waals surface area contributed by atoms with Gasteiger partial charge in [0.2, 0.25) is 0 Å². The van der Waals surface area contributed by atoms with Crippen molar-refractivity contribution in [2.75, 3.05) is 6.61 Å². The maximum Gasteiger partial charge on any atom is 0.399 e. The van der Waals surface area contributed by atoms with Gasteiger partial charge in [-0.05, 0) is 0 Å². The predicted octanol–water partition coefficient (Wildman–Crippen LogP) is 0.314. The van der Waals surface area contributed by atoms with E-state index in [1.807, 2.05) is 0 Å². The summed E-state index contributed by atoms with van der Waals surface area (Å²) in [4.78, 5) is 9.80. The molecule has 0 spiro atoms. The molecule has 0 aromatic rings. The van der Waals surface area contributed by atoms with Crippen LogP contribution in [-0.4, -0.2) is 23.7 Å². The Hall–Kier alpha value is -0.580. The van der Waals surface area contributed by atoms with Crippen LogP contribution in [0.25, 0.3) is 0 Å². The van der Waals surface area contributed by atoms with Crippen LogP contribution in [0, 0.1) is 6.42 Å². The van der Waals surface area contributed by atoms with Gasteiger partial charge in [-0.2, -0.15) is 13.2 Å². The lowest BCUT2D eigenvalue weighted by Gasteiger charge is -2.00. The summed E-state index contributed by atoms with van der Waals surface area (Å²) in [6, 6.07) is 0. The first kappa shape index (κ1) is 8.42. The standard InChI is InChI=1S/C4H4F3O2/c5-4(6,7)1-3(9)2-8/h1,8H,2H2. The first-order chi connectivity index (χ1) is 3.95. The average Bonchev–Trinajstić information content (AvgIpc) is 1.62. The fourth-order valence-electron chi connectivity index (χ4n) is 0.228. The van der Waals surface area contributed by atoms with E-state index in [1.165, 1.54) is 0 Å². The zero-order valence-corrected chi connectivity index (χ0v) is 4.27. The molecule has 0 aliphatic carbocycles. The number of carbonyl (C=O) groups is 1. The Balaban J connectivity index is 3.60. The molecule has 9 heavy (non-hydrogen) atoms. The van der Waals surface area contributed by atoms with E-state index in [0.717, 1.165) is 0 Å². The molecular formula is C4H4F3O2. The van der Waals surface area contributed by atoms with Crippen LogP contribution in [0.2, 0.25) is 0 Å². The van der Waals surface area contributed by atoms with E-state index in [4.69, 9.17) is 5.11 Å². The van der Waals surface area contributed by atoms with Gasteiger partial charge in [0.15, 0.2) is 5.78 Å². The summed E-state index contributed by atoms with van der Waals surface area (Å²) >= 11 is 0. The highest BCUT2D eigenvalue weighted by Crippen LogP contribution is 2.17. The van der Waals surface area contributed by atoms with Gasteiger partial charge < -0.3 is 5.11 Å². The molecule has 0 bridgehead atoms. The van der Waals surface area contributed by atoms with E-state index < -0.39 is 25.0 Å². The van der Waals surface area contributed by atoms with Crippen molar-refractivity contribution in [1.29, 1.82) is 0 Å². The number of rotatable bonds is 2. The molecule has 0 rings (SSSR count). The normalized spacial score (nSPS) is 11.6. The van der Waals surface area contributed by atoms with Gasteiger partial charge in [-0.25, -0.2) is 0 Å². The molecule has 0 saturated heterocycles. The molecule has 0 aliphatic rings. The van der Waals surface area contributed by atoms with Crippen molar-refractivity contribution in [3.8, 4) is 0 Å². The summed E-state index contributed by atoms with van der Waals surface area (Å²) in [6.45, 7) is -1.10. The SMILES string of the molecule is O=C([CH]C(F)(F)F)CO. The Kier molecular flexibility index (Phi) is 2.64. The van der Waals surface area contributed by atoms with Gasteiger partial charge in [0.1, 0.15) is 13.0 Å². The molecule has 0 fully saturated rings. The van der Waals surface area contributed by atoms with E-state index in [9.17, 15) is 18.0 Å². The molecule has 0 aromatic carbocycles. The highest BCUT2D eigenvalue weighted by atomic mass is 19.4. The molecule has 1 N–H and O–H groups in total. The number of Topliss-reactive ketones (excluding diaryl/α,β-unsaturated/α-hetero) is 1. The Bertz CT molecular complexity index is 107. The van der Waals surface area contributed by atoms with Crippen LogP contribution in [0.4, 0.5) is 13.2 Å². The molecule has 1 radical (unpaired) electrons. The topological polar surface area (TPSA) is 37.3 Å². The van der Waals surface area contributed by atoms with Gasteiger partial charge in [0, 0.05) is 0 Å². The molecule has 0 amide bonds. The van der Waals surface area contributed by atoms with Crippen molar-refractivity contribution in [2.24, 2.45) is 0 Å². The minimum Gasteiger partial charge on any atom is -0.389 e. The van der Waals surface area contributed by atoms with Crippen LogP contribution >= 0.6 is 0 Å². The molecule has 0 atom stereocenters. The van der Waals surface area contributed by atoms with Crippen molar-refractivity contribution < 1.29 is 23.1 Å². The van der Waals surface area contributed by atoms with E-state index in [-0.39, 0.29) is 0 Å². The summed E-state index contributed by atoms with van der Waals surface area (Å²) in [7, 11) is 0. The summed E-state index contributed by atoms with van der Waals surface area (Å²) < 4.78 is 33.3. The van der Waals surface area contributed by atoms with Gasteiger partial charge in [-0.1, -0.05) is 0 Å². The first-order valence-electron chi connectivity index (χ1n) is 2.02. The number of halogens is 3. The lowest BCUT2D eigenvalue weighted by Crippen LogP contribution is -2.18. The smallest absolute Gasteiger partial charge is 0.389 e. The third kappa shape index (κ3) is 5.29. The number of carbonyl (C=O) groups excluding carboxylic acids is 1. The molecule has 5 heteroatoms. The van der Waals surface area contributed by atoms with Crippen LogP contribution in [-0.2, 0) is 4.79 Å². The van der Waals surface area contributed by atoms with Crippen LogP contribution in [0.3, 0.4) is 0 Å². The van der Waals surface area contributed by atoms with Gasteiger partial charge in [-0.3, -0.25) is 4.79 Å². The van der Waals surface area contributed by atoms with Crippen molar-refractivity contribution in [2.45, 2.75) is 6.18 Å². The van der Waals surface area contributed by atoms with Crippen LogP contribution < -0.4 is 0 Å². The molecule has 0 unspecified atom stereocenters. The monoisotopic (exact) mass is 141 g/mol. The fraction of sp³-hybridized carbons (Fsp3) is 0.500. The maximum absolute atomic E-state index is 11.1. The van der Waals surface area contributed by atoms with E-state index in [0.29, 0.717) is 0 Å². The fourth-order valence-corrected chi connectivity index (χ4v) is 0.228. The lowest BCUT2D eigenvalue weighted by atomic mass is 10.3. The van der Waals surface area contributed by atoms with Crippen LogP contribution in [0.1, 0.15) is 0 Å². The molecule has 0 aromatic heterocycles. The van der Waals surface area contributed by atoms with E-state index >= 15 is 0 Å². The molecule has 0 aliphatic heterocycles. The minimum atomic E-state index is -4.61. The summed E-state index contributed by atoms with van der Waals surface area (Å²) in [5.74, 6) is -1.33.